The minimum atomic E-state index is -0.990. The maximum atomic E-state index is 12.1. The van der Waals surface area contributed by atoms with E-state index >= 15 is 0 Å². The Bertz CT molecular complexity index is 849. The summed E-state index contributed by atoms with van der Waals surface area (Å²) in [7, 11) is 0. The highest BCUT2D eigenvalue weighted by molar-refractivity contribution is 6.13. The first-order valence-corrected chi connectivity index (χ1v) is 7.37. The Morgan fingerprint density at radius 3 is 2.50 bits per heavy atom. The Kier molecular flexibility index (Phi) is 3.91. The highest BCUT2D eigenvalue weighted by Crippen LogP contribution is 2.18. The number of hydrogen-bond donors (Lipinski definition) is 2. The molecule has 0 bridgehead atoms. The second-order valence-electron chi connectivity index (χ2n) is 5.19. The van der Waals surface area contributed by atoms with Crippen molar-refractivity contribution in [1.82, 2.24) is 14.8 Å². The second-order valence-corrected chi connectivity index (χ2v) is 5.19. The summed E-state index contributed by atoms with van der Waals surface area (Å²) in [6.07, 6.45) is 3.39. The molecule has 0 atom stereocenters. The van der Waals surface area contributed by atoms with E-state index in [9.17, 15) is 14.4 Å². The van der Waals surface area contributed by atoms with Crippen molar-refractivity contribution in [2.45, 2.75) is 6.92 Å². The van der Waals surface area contributed by atoms with Crippen molar-refractivity contribution >= 4 is 24.0 Å². The van der Waals surface area contributed by atoms with Crippen LogP contribution >= 0.6 is 0 Å². The molecular weight excluding hydrogens is 310 g/mol. The van der Waals surface area contributed by atoms with Gasteiger partial charge in [-0.15, -0.1) is 0 Å². The summed E-state index contributed by atoms with van der Waals surface area (Å²) in [6, 6.07) is 9.55. The van der Waals surface area contributed by atoms with E-state index in [0.29, 0.717) is 12.2 Å². The molecule has 3 amide bonds. The second kappa shape index (κ2) is 6.04. The molecule has 122 valence electrons. The fourth-order valence-electron chi connectivity index (χ4n) is 2.52. The van der Waals surface area contributed by atoms with Gasteiger partial charge in [-0.1, -0.05) is 0 Å². The van der Waals surface area contributed by atoms with E-state index in [1.54, 1.807) is 48.0 Å². The minimum absolute atomic E-state index is 0.197. The van der Waals surface area contributed by atoms with Gasteiger partial charge in [-0.3, -0.25) is 9.69 Å². The number of benzene rings is 1. The highest BCUT2D eigenvalue weighted by Gasteiger charge is 2.32. The molecule has 1 saturated heterocycles. The van der Waals surface area contributed by atoms with Crippen LogP contribution in [0.3, 0.4) is 0 Å². The average molecular weight is 325 g/mol. The molecule has 0 aliphatic carbocycles. The van der Waals surface area contributed by atoms with E-state index in [1.165, 1.54) is 12.1 Å². The SMILES string of the molecule is CCN1C(=O)NC(=Cc2cccn2-c2ccc(C(=O)O)cc2)C1=O. The Balaban J connectivity index is 1.94. The summed E-state index contributed by atoms with van der Waals surface area (Å²) in [6.45, 7) is 2.03. The van der Waals surface area contributed by atoms with Gasteiger partial charge in [0.25, 0.3) is 5.91 Å². The summed E-state index contributed by atoms with van der Waals surface area (Å²) in [4.78, 5) is 35.9. The minimum Gasteiger partial charge on any atom is -0.478 e. The van der Waals surface area contributed by atoms with Crippen molar-refractivity contribution in [3.8, 4) is 5.69 Å². The van der Waals surface area contributed by atoms with Crippen LogP contribution in [0.2, 0.25) is 0 Å². The quantitative estimate of drug-likeness (QED) is 0.665. The van der Waals surface area contributed by atoms with Gasteiger partial charge in [-0.05, 0) is 49.4 Å². The van der Waals surface area contributed by atoms with Crippen molar-refractivity contribution in [2.75, 3.05) is 6.54 Å². The largest absolute Gasteiger partial charge is 0.478 e. The van der Waals surface area contributed by atoms with Gasteiger partial charge in [0.05, 0.1) is 5.56 Å². The normalized spacial score (nSPS) is 15.9. The number of carbonyl (C=O) groups is 3. The zero-order valence-electron chi connectivity index (χ0n) is 12.9. The molecule has 0 saturated carbocycles. The molecule has 7 nitrogen and oxygen atoms in total. The van der Waals surface area contributed by atoms with Gasteiger partial charge in [0.15, 0.2) is 0 Å². The van der Waals surface area contributed by atoms with Crippen molar-refractivity contribution in [3.05, 3.63) is 59.5 Å². The van der Waals surface area contributed by atoms with Crippen molar-refractivity contribution in [2.24, 2.45) is 0 Å². The number of aromatic carboxylic acids is 1. The van der Waals surface area contributed by atoms with Gasteiger partial charge in [0.1, 0.15) is 5.70 Å². The van der Waals surface area contributed by atoms with Gasteiger partial charge in [-0.25, -0.2) is 9.59 Å². The van der Waals surface area contributed by atoms with E-state index in [-0.39, 0.29) is 17.2 Å². The zero-order valence-corrected chi connectivity index (χ0v) is 12.9. The van der Waals surface area contributed by atoms with Crippen LogP contribution in [0.25, 0.3) is 11.8 Å². The number of carboxylic acids is 1. The van der Waals surface area contributed by atoms with E-state index in [1.807, 2.05) is 0 Å². The molecule has 0 radical (unpaired) electrons. The Morgan fingerprint density at radius 2 is 1.92 bits per heavy atom. The summed E-state index contributed by atoms with van der Waals surface area (Å²) in [5.74, 6) is -1.35. The van der Waals surface area contributed by atoms with Gasteiger partial charge < -0.3 is 15.0 Å². The maximum absolute atomic E-state index is 12.1. The van der Waals surface area contributed by atoms with E-state index in [2.05, 4.69) is 5.32 Å². The third-order valence-electron chi connectivity index (χ3n) is 3.74. The van der Waals surface area contributed by atoms with Crippen molar-refractivity contribution < 1.29 is 19.5 Å². The number of carbonyl (C=O) groups excluding carboxylic acids is 2. The molecule has 1 aliphatic heterocycles. The Hall–Kier alpha value is -3.35. The summed E-state index contributed by atoms with van der Waals surface area (Å²) in [5, 5.41) is 11.5. The standard InChI is InChI=1S/C17H15N3O4/c1-2-19-15(21)14(18-17(19)24)10-13-4-3-9-20(13)12-7-5-11(6-8-12)16(22)23/h3-10H,2H2,1H3,(H,18,24)(H,22,23). The van der Waals surface area contributed by atoms with Gasteiger partial charge in [0.2, 0.25) is 0 Å². The monoisotopic (exact) mass is 325 g/mol. The van der Waals surface area contributed by atoms with Crippen LogP contribution in [0.4, 0.5) is 4.79 Å². The highest BCUT2D eigenvalue weighted by atomic mass is 16.4. The van der Waals surface area contributed by atoms with Crippen molar-refractivity contribution in [1.29, 1.82) is 0 Å². The lowest BCUT2D eigenvalue weighted by molar-refractivity contribution is -0.122. The number of amides is 3. The fourth-order valence-corrected chi connectivity index (χ4v) is 2.52. The molecule has 0 spiro atoms. The number of hydrogen-bond acceptors (Lipinski definition) is 3. The lowest BCUT2D eigenvalue weighted by Gasteiger charge is -2.08. The third-order valence-corrected chi connectivity index (χ3v) is 3.74. The molecule has 7 heteroatoms. The molecule has 1 aromatic heterocycles. The van der Waals surface area contributed by atoms with Crippen LogP contribution in [0.5, 0.6) is 0 Å². The summed E-state index contributed by atoms with van der Waals surface area (Å²) < 4.78 is 1.80. The molecule has 2 N–H and O–H groups in total. The predicted molar refractivity (Wildman–Crippen MR) is 86.6 cm³/mol. The van der Waals surface area contributed by atoms with Crippen LogP contribution in [-0.2, 0) is 4.79 Å². The molecule has 0 unspecified atom stereocenters. The van der Waals surface area contributed by atoms with Crippen LogP contribution in [0.15, 0.2) is 48.3 Å². The number of imide groups is 1. The smallest absolute Gasteiger partial charge is 0.335 e. The summed E-state index contributed by atoms with van der Waals surface area (Å²) in [5.41, 5.74) is 1.85. The van der Waals surface area contributed by atoms with E-state index in [4.69, 9.17) is 5.11 Å². The fraction of sp³-hybridized carbons (Fsp3) is 0.118. The summed E-state index contributed by atoms with van der Waals surface area (Å²) >= 11 is 0. The van der Waals surface area contributed by atoms with Crippen LogP contribution in [0, 0.1) is 0 Å². The Morgan fingerprint density at radius 1 is 1.21 bits per heavy atom. The topological polar surface area (TPSA) is 91.6 Å². The number of urea groups is 1. The predicted octanol–water partition coefficient (Wildman–Crippen LogP) is 2.09. The number of likely N-dealkylation sites (N-methyl/N-ethyl adjacent to an activating group) is 1. The molecule has 1 aromatic carbocycles. The molecule has 2 aromatic rings. The van der Waals surface area contributed by atoms with Crippen LogP contribution < -0.4 is 5.32 Å². The first-order chi connectivity index (χ1) is 11.5. The van der Waals surface area contributed by atoms with E-state index < -0.39 is 12.0 Å². The molecule has 24 heavy (non-hydrogen) atoms. The third kappa shape index (κ3) is 2.67. The molecule has 1 fully saturated rings. The molecular formula is C17H15N3O4. The lowest BCUT2D eigenvalue weighted by atomic mass is 10.2. The average Bonchev–Trinajstić information content (AvgIpc) is 3.12. The number of rotatable bonds is 4. The zero-order chi connectivity index (χ0) is 17.3. The van der Waals surface area contributed by atoms with Gasteiger partial charge >= 0.3 is 12.0 Å². The van der Waals surface area contributed by atoms with Crippen molar-refractivity contribution in [3.63, 3.8) is 0 Å². The maximum Gasteiger partial charge on any atom is 0.335 e. The van der Waals surface area contributed by atoms with Gasteiger partial charge in [-0.2, -0.15) is 0 Å². The first-order valence-electron chi connectivity index (χ1n) is 7.37. The molecule has 3 rings (SSSR count). The molecule has 1 aliphatic rings. The number of aromatic nitrogens is 1. The number of carboxylic acid groups (broad SMARTS) is 1. The number of nitrogens with zero attached hydrogens (tertiary/aromatic N) is 2. The van der Waals surface area contributed by atoms with Crippen LogP contribution in [0.1, 0.15) is 23.0 Å². The lowest BCUT2D eigenvalue weighted by Crippen LogP contribution is -2.30. The van der Waals surface area contributed by atoms with E-state index in [0.717, 1.165) is 10.6 Å². The van der Waals surface area contributed by atoms with Gasteiger partial charge in [0, 0.05) is 24.1 Å². The molecule has 2 heterocycles. The first kappa shape index (κ1) is 15.5. The number of nitrogens with one attached hydrogen (secondary N) is 1. The Labute approximate surface area is 137 Å². The van der Waals surface area contributed by atoms with Crippen LogP contribution in [-0.4, -0.2) is 39.0 Å².